The highest BCUT2D eigenvalue weighted by Crippen LogP contribution is 2.23. The van der Waals surface area contributed by atoms with Crippen LogP contribution in [-0.2, 0) is 0 Å². The largest absolute Gasteiger partial charge is 0.490 e. The summed E-state index contributed by atoms with van der Waals surface area (Å²) in [5, 5.41) is 4.33. The summed E-state index contributed by atoms with van der Waals surface area (Å²) in [6, 6.07) is 6.25. The van der Waals surface area contributed by atoms with E-state index in [2.05, 4.69) is 37.4 Å². The van der Waals surface area contributed by atoms with Gasteiger partial charge in [-0.15, -0.1) is 0 Å². The molecule has 1 radical (unpaired) electrons. The van der Waals surface area contributed by atoms with Crippen molar-refractivity contribution in [3.05, 3.63) is 29.3 Å². The Morgan fingerprint density at radius 1 is 1.20 bits per heavy atom. The van der Waals surface area contributed by atoms with Gasteiger partial charge in [-0.05, 0) is 43.9 Å². The van der Waals surface area contributed by atoms with Gasteiger partial charge in [0.15, 0.2) is 0 Å². The van der Waals surface area contributed by atoms with E-state index in [-0.39, 0.29) is 0 Å². The maximum absolute atomic E-state index is 6.01. The van der Waals surface area contributed by atoms with Gasteiger partial charge in [-0.1, -0.05) is 12.1 Å². The first kappa shape index (κ1) is 10.5. The molecule has 0 saturated carbocycles. The number of ether oxygens (including phenoxy) is 1. The molecule has 1 aromatic rings. The lowest BCUT2D eigenvalue weighted by Gasteiger charge is -2.24. The van der Waals surface area contributed by atoms with Crippen molar-refractivity contribution in [2.24, 2.45) is 0 Å². The van der Waals surface area contributed by atoms with Gasteiger partial charge in [-0.25, -0.2) is 5.32 Å². The quantitative estimate of drug-likeness (QED) is 0.725. The third-order valence-electron chi connectivity index (χ3n) is 3.07. The van der Waals surface area contributed by atoms with Crippen molar-refractivity contribution >= 4 is 0 Å². The zero-order valence-electron chi connectivity index (χ0n) is 9.49. The third kappa shape index (κ3) is 2.51. The van der Waals surface area contributed by atoms with Crippen LogP contribution in [0.5, 0.6) is 5.75 Å². The molecule has 0 N–H and O–H groups in total. The van der Waals surface area contributed by atoms with Crippen molar-refractivity contribution in [1.82, 2.24) is 5.32 Å². The molecule has 0 bridgehead atoms. The number of nitrogens with zero attached hydrogens (tertiary/aromatic N) is 1. The molecule has 1 aliphatic heterocycles. The van der Waals surface area contributed by atoms with E-state index >= 15 is 0 Å². The molecule has 1 aromatic carbocycles. The Kier molecular flexibility index (Phi) is 3.27. The summed E-state index contributed by atoms with van der Waals surface area (Å²) in [4.78, 5) is 0. The minimum atomic E-state index is 0.364. The highest BCUT2D eigenvalue weighted by molar-refractivity contribution is 5.38. The van der Waals surface area contributed by atoms with Gasteiger partial charge < -0.3 is 4.74 Å². The molecule has 0 aromatic heterocycles. The van der Waals surface area contributed by atoms with Gasteiger partial charge in [0.05, 0.1) is 0 Å². The van der Waals surface area contributed by atoms with Crippen LogP contribution in [0.3, 0.4) is 0 Å². The molecule has 0 spiro atoms. The molecular weight excluding hydrogens is 186 g/mol. The molecule has 1 aliphatic rings. The molecule has 0 amide bonds. The van der Waals surface area contributed by atoms with Crippen LogP contribution in [0.2, 0.25) is 0 Å². The first-order valence-electron chi connectivity index (χ1n) is 5.63. The summed E-state index contributed by atoms with van der Waals surface area (Å²) in [6.45, 7) is 6.15. The molecule has 2 rings (SSSR count). The average Bonchev–Trinajstić information content (AvgIpc) is 2.26. The van der Waals surface area contributed by atoms with Crippen LogP contribution in [0.4, 0.5) is 0 Å². The fourth-order valence-corrected chi connectivity index (χ4v) is 1.88. The number of piperidine rings is 1. The van der Waals surface area contributed by atoms with Crippen molar-refractivity contribution < 1.29 is 4.74 Å². The lowest BCUT2D eigenvalue weighted by molar-refractivity contribution is 0.160. The maximum Gasteiger partial charge on any atom is 0.122 e. The number of rotatable bonds is 2. The summed E-state index contributed by atoms with van der Waals surface area (Å²) in [7, 11) is 0. The Balaban J connectivity index is 2.06. The van der Waals surface area contributed by atoms with E-state index in [4.69, 9.17) is 4.74 Å². The summed E-state index contributed by atoms with van der Waals surface area (Å²) >= 11 is 0. The number of hydrogen-bond donors (Lipinski definition) is 0. The van der Waals surface area contributed by atoms with Crippen molar-refractivity contribution in [2.45, 2.75) is 32.8 Å². The van der Waals surface area contributed by atoms with E-state index in [1.807, 2.05) is 0 Å². The Bertz CT molecular complexity index is 329. The highest BCUT2D eigenvalue weighted by atomic mass is 16.5. The third-order valence-corrected chi connectivity index (χ3v) is 3.07. The lowest BCUT2D eigenvalue weighted by Crippen LogP contribution is -2.30. The molecule has 0 unspecified atom stereocenters. The van der Waals surface area contributed by atoms with Crippen LogP contribution in [0.15, 0.2) is 18.2 Å². The predicted octanol–water partition coefficient (Wildman–Crippen LogP) is 2.45. The molecule has 15 heavy (non-hydrogen) atoms. The van der Waals surface area contributed by atoms with E-state index in [9.17, 15) is 0 Å². The highest BCUT2D eigenvalue weighted by Gasteiger charge is 2.16. The first-order valence-corrected chi connectivity index (χ1v) is 5.63. The SMILES string of the molecule is Cc1cccc(OC2CC[N]CC2)c1C. The van der Waals surface area contributed by atoms with Gasteiger partial charge in [0.25, 0.3) is 0 Å². The number of aryl methyl sites for hydroxylation is 1. The van der Waals surface area contributed by atoms with E-state index in [1.54, 1.807) is 0 Å². The van der Waals surface area contributed by atoms with E-state index < -0.39 is 0 Å². The second-order valence-corrected chi connectivity index (χ2v) is 4.19. The fourth-order valence-electron chi connectivity index (χ4n) is 1.88. The van der Waals surface area contributed by atoms with E-state index in [0.29, 0.717) is 6.10 Å². The summed E-state index contributed by atoms with van der Waals surface area (Å²) < 4.78 is 6.01. The Hall–Kier alpha value is -1.02. The van der Waals surface area contributed by atoms with Crippen LogP contribution in [0.25, 0.3) is 0 Å². The average molecular weight is 204 g/mol. The van der Waals surface area contributed by atoms with Crippen LogP contribution < -0.4 is 10.1 Å². The van der Waals surface area contributed by atoms with Crippen molar-refractivity contribution in [3.63, 3.8) is 0 Å². The molecule has 1 heterocycles. The zero-order chi connectivity index (χ0) is 10.7. The molecular formula is C13H18NO. The Morgan fingerprint density at radius 3 is 2.67 bits per heavy atom. The minimum Gasteiger partial charge on any atom is -0.490 e. The van der Waals surface area contributed by atoms with Crippen molar-refractivity contribution in [1.29, 1.82) is 0 Å². The molecule has 0 aliphatic carbocycles. The number of benzene rings is 1. The molecule has 0 atom stereocenters. The van der Waals surface area contributed by atoms with Crippen LogP contribution in [0.1, 0.15) is 24.0 Å². The Labute approximate surface area is 91.6 Å². The van der Waals surface area contributed by atoms with Crippen LogP contribution in [-0.4, -0.2) is 19.2 Å². The smallest absolute Gasteiger partial charge is 0.122 e. The fraction of sp³-hybridized carbons (Fsp3) is 0.538. The van der Waals surface area contributed by atoms with E-state index in [1.165, 1.54) is 11.1 Å². The maximum atomic E-state index is 6.01. The topological polar surface area (TPSA) is 23.3 Å². The van der Waals surface area contributed by atoms with E-state index in [0.717, 1.165) is 31.7 Å². The van der Waals surface area contributed by atoms with Crippen LogP contribution in [0, 0.1) is 13.8 Å². The van der Waals surface area contributed by atoms with Gasteiger partial charge in [0.2, 0.25) is 0 Å². The van der Waals surface area contributed by atoms with Gasteiger partial charge in [-0.3, -0.25) is 0 Å². The predicted molar refractivity (Wildman–Crippen MR) is 61.4 cm³/mol. The zero-order valence-corrected chi connectivity index (χ0v) is 9.49. The number of hydrogen-bond acceptors (Lipinski definition) is 1. The second-order valence-electron chi connectivity index (χ2n) is 4.19. The molecule has 1 saturated heterocycles. The van der Waals surface area contributed by atoms with Gasteiger partial charge >= 0.3 is 0 Å². The minimum absolute atomic E-state index is 0.364. The standard InChI is InChI=1S/C13H18NO/c1-10-4-3-5-13(11(10)2)15-12-6-8-14-9-7-12/h3-5,12H,6-9H2,1-2H3. The van der Waals surface area contributed by atoms with Crippen molar-refractivity contribution in [3.8, 4) is 5.75 Å². The van der Waals surface area contributed by atoms with Crippen LogP contribution >= 0.6 is 0 Å². The van der Waals surface area contributed by atoms with Gasteiger partial charge in [-0.2, -0.15) is 0 Å². The summed E-state index contributed by atoms with van der Waals surface area (Å²) in [5.74, 6) is 1.04. The van der Waals surface area contributed by atoms with Crippen molar-refractivity contribution in [2.75, 3.05) is 13.1 Å². The first-order chi connectivity index (χ1) is 7.27. The Morgan fingerprint density at radius 2 is 1.93 bits per heavy atom. The van der Waals surface area contributed by atoms with Gasteiger partial charge in [0.1, 0.15) is 11.9 Å². The summed E-state index contributed by atoms with van der Waals surface area (Å²) in [6.07, 6.45) is 2.49. The normalized spacial score (nSPS) is 17.7. The molecule has 2 nitrogen and oxygen atoms in total. The summed E-state index contributed by atoms with van der Waals surface area (Å²) in [5.41, 5.74) is 2.56. The molecule has 81 valence electrons. The lowest BCUT2D eigenvalue weighted by atomic mass is 10.1. The second kappa shape index (κ2) is 4.67. The molecule has 2 heteroatoms. The molecule has 1 fully saturated rings. The monoisotopic (exact) mass is 204 g/mol. The van der Waals surface area contributed by atoms with Gasteiger partial charge in [0, 0.05) is 13.1 Å².